The van der Waals surface area contributed by atoms with Gasteiger partial charge in [-0.05, 0) is 13.0 Å². The highest BCUT2D eigenvalue weighted by atomic mass is 32.2. The molecule has 1 N–H and O–H groups in total. The summed E-state index contributed by atoms with van der Waals surface area (Å²) in [5, 5.41) is -0.521. The Labute approximate surface area is 131 Å². The summed E-state index contributed by atoms with van der Waals surface area (Å²) in [6, 6.07) is 2.82. The van der Waals surface area contributed by atoms with Gasteiger partial charge in [0.1, 0.15) is 17.9 Å². The number of carbonyl (C=O) groups is 1. The van der Waals surface area contributed by atoms with E-state index in [1.807, 2.05) is 0 Å². The van der Waals surface area contributed by atoms with Crippen LogP contribution >= 0.6 is 0 Å². The molecular weight excluding hydrogens is 332 g/mol. The zero-order chi connectivity index (χ0) is 17.2. The number of benzene rings is 1. The molecule has 1 aromatic carbocycles. The molecule has 0 saturated heterocycles. The van der Waals surface area contributed by atoms with Crippen molar-refractivity contribution in [1.82, 2.24) is 4.72 Å². The third kappa shape index (κ3) is 3.74. The minimum Gasteiger partial charge on any atom is -0.465 e. The Kier molecular flexibility index (Phi) is 4.81. The average molecular weight is 345 g/mol. The highest BCUT2D eigenvalue weighted by Gasteiger charge is 2.25. The van der Waals surface area contributed by atoms with Gasteiger partial charge in [-0.1, -0.05) is 6.07 Å². The van der Waals surface area contributed by atoms with Crippen molar-refractivity contribution in [3.8, 4) is 0 Å². The molecule has 0 amide bonds. The van der Waals surface area contributed by atoms with Crippen molar-refractivity contribution >= 4 is 16.0 Å². The summed E-state index contributed by atoms with van der Waals surface area (Å²) in [5.74, 6) is -2.40. The topological polar surface area (TPSA) is 85.6 Å². The first-order chi connectivity index (χ1) is 10.7. The van der Waals surface area contributed by atoms with Crippen molar-refractivity contribution in [3.63, 3.8) is 0 Å². The third-order valence-electron chi connectivity index (χ3n) is 3.02. The van der Waals surface area contributed by atoms with Gasteiger partial charge in [0.25, 0.3) is 10.0 Å². The van der Waals surface area contributed by atoms with Crippen LogP contribution in [0.5, 0.6) is 0 Å². The van der Waals surface area contributed by atoms with Crippen LogP contribution in [-0.4, -0.2) is 21.5 Å². The number of hydrogen-bond acceptors (Lipinski definition) is 5. The Morgan fingerprint density at radius 1 is 1.30 bits per heavy atom. The number of halogens is 2. The molecule has 0 bridgehead atoms. The van der Waals surface area contributed by atoms with E-state index in [2.05, 4.69) is 9.46 Å². The van der Waals surface area contributed by atoms with Crippen LogP contribution in [0.2, 0.25) is 0 Å². The summed E-state index contributed by atoms with van der Waals surface area (Å²) >= 11 is 0. The van der Waals surface area contributed by atoms with Crippen molar-refractivity contribution in [2.75, 3.05) is 7.11 Å². The summed E-state index contributed by atoms with van der Waals surface area (Å²) in [6.07, 6.45) is 0.934. The zero-order valence-electron chi connectivity index (χ0n) is 12.2. The van der Waals surface area contributed by atoms with E-state index in [0.717, 1.165) is 31.6 Å². The normalized spacial score (nSPS) is 12.9. The second kappa shape index (κ2) is 6.47. The number of ether oxygens (including phenoxy) is 1. The fourth-order valence-corrected chi connectivity index (χ4v) is 3.05. The first kappa shape index (κ1) is 17.1. The summed E-state index contributed by atoms with van der Waals surface area (Å²) in [7, 11) is -3.00. The minimum absolute atomic E-state index is 0.0327. The Balaban J connectivity index is 2.23. The number of sulfonamides is 1. The third-order valence-corrected chi connectivity index (χ3v) is 4.43. The van der Waals surface area contributed by atoms with Crippen LogP contribution in [0.15, 0.2) is 40.0 Å². The highest BCUT2D eigenvalue weighted by Crippen LogP contribution is 2.21. The van der Waals surface area contributed by atoms with Crippen molar-refractivity contribution < 1.29 is 31.1 Å². The Hall–Kier alpha value is -2.26. The van der Waals surface area contributed by atoms with E-state index in [4.69, 9.17) is 4.42 Å². The van der Waals surface area contributed by atoms with E-state index < -0.39 is 38.8 Å². The lowest BCUT2D eigenvalue weighted by Gasteiger charge is -2.14. The van der Waals surface area contributed by atoms with Gasteiger partial charge in [0, 0.05) is 23.7 Å². The Morgan fingerprint density at radius 2 is 2.00 bits per heavy atom. The number of hydrogen-bond donors (Lipinski definition) is 1. The van der Waals surface area contributed by atoms with Crippen molar-refractivity contribution in [3.05, 3.63) is 53.3 Å². The van der Waals surface area contributed by atoms with E-state index in [9.17, 15) is 22.0 Å². The van der Waals surface area contributed by atoms with E-state index in [1.165, 1.54) is 6.92 Å². The molecule has 2 rings (SSSR count). The number of methoxy groups -OCH3 is 1. The number of furan rings is 1. The molecule has 0 aliphatic heterocycles. The number of esters is 1. The number of nitrogens with one attached hydrogen (secondary N) is 1. The molecule has 0 radical (unpaired) electrons. The summed E-state index contributed by atoms with van der Waals surface area (Å²) < 4.78 is 62.4. The van der Waals surface area contributed by atoms with E-state index >= 15 is 0 Å². The van der Waals surface area contributed by atoms with Gasteiger partial charge in [0.15, 0.2) is 0 Å². The molecule has 1 aromatic heterocycles. The second-order valence-corrected chi connectivity index (χ2v) is 6.30. The predicted molar refractivity (Wildman–Crippen MR) is 75.1 cm³/mol. The molecule has 1 heterocycles. The lowest BCUT2D eigenvalue weighted by molar-refractivity contribution is 0.0600. The van der Waals surface area contributed by atoms with Crippen molar-refractivity contribution in [2.24, 2.45) is 0 Å². The van der Waals surface area contributed by atoms with Crippen LogP contribution in [-0.2, 0) is 14.8 Å². The van der Waals surface area contributed by atoms with Crippen molar-refractivity contribution in [2.45, 2.75) is 18.1 Å². The molecule has 23 heavy (non-hydrogen) atoms. The van der Waals surface area contributed by atoms with Crippen molar-refractivity contribution in [1.29, 1.82) is 0 Å². The lowest BCUT2D eigenvalue weighted by atomic mass is 10.1. The van der Waals surface area contributed by atoms with E-state index in [1.54, 1.807) is 0 Å². The number of carbonyl (C=O) groups excluding carboxylic acids is 1. The SMILES string of the molecule is COC(=O)c1coc(S(=O)(=O)NC(C)c2ccc(F)cc2F)c1. The molecule has 0 saturated carbocycles. The standard InChI is InChI=1S/C14H13F2NO5S/c1-8(11-4-3-10(15)6-12(11)16)17-23(19,20)13-5-9(7-22-13)14(18)21-2/h3-8,17H,1-2H3. The monoisotopic (exact) mass is 345 g/mol. The maximum Gasteiger partial charge on any atom is 0.341 e. The molecule has 124 valence electrons. The molecular formula is C14H13F2NO5S. The van der Waals surface area contributed by atoms with E-state index in [0.29, 0.717) is 6.07 Å². The molecule has 0 aliphatic rings. The van der Waals surface area contributed by atoms with Gasteiger partial charge in [-0.2, -0.15) is 0 Å². The minimum atomic E-state index is -4.14. The molecule has 0 spiro atoms. The Bertz CT molecular complexity index is 831. The molecule has 0 aliphatic carbocycles. The average Bonchev–Trinajstić information content (AvgIpc) is 2.96. The molecule has 9 heteroatoms. The van der Waals surface area contributed by atoms with Crippen LogP contribution in [0.25, 0.3) is 0 Å². The summed E-state index contributed by atoms with van der Waals surface area (Å²) in [6.45, 7) is 1.39. The van der Waals surface area contributed by atoms with Crippen LogP contribution in [0, 0.1) is 11.6 Å². The maximum atomic E-state index is 13.7. The second-order valence-electron chi connectivity index (χ2n) is 4.65. The molecule has 1 unspecified atom stereocenters. The quantitative estimate of drug-likeness (QED) is 0.841. The fraction of sp³-hybridized carbons (Fsp3) is 0.214. The molecule has 2 aromatic rings. The first-order valence-corrected chi connectivity index (χ1v) is 7.87. The Morgan fingerprint density at radius 3 is 2.61 bits per heavy atom. The summed E-state index contributed by atoms with van der Waals surface area (Å²) in [5.41, 5.74) is -0.108. The fourth-order valence-electron chi connectivity index (χ4n) is 1.89. The predicted octanol–water partition coefficient (Wildman–Crippen LogP) is 2.38. The highest BCUT2D eigenvalue weighted by molar-refractivity contribution is 7.89. The van der Waals surface area contributed by atoms with E-state index in [-0.39, 0.29) is 11.1 Å². The molecule has 0 fully saturated rings. The van der Waals surface area contributed by atoms with Gasteiger partial charge >= 0.3 is 5.97 Å². The van der Waals surface area contributed by atoms with Gasteiger partial charge in [-0.3, -0.25) is 0 Å². The van der Waals surface area contributed by atoms with Crippen LogP contribution in [0.3, 0.4) is 0 Å². The largest absolute Gasteiger partial charge is 0.465 e. The number of rotatable bonds is 5. The first-order valence-electron chi connectivity index (χ1n) is 6.38. The smallest absolute Gasteiger partial charge is 0.341 e. The van der Waals surface area contributed by atoms with Crippen LogP contribution in [0.1, 0.15) is 28.9 Å². The molecule has 6 nitrogen and oxygen atoms in total. The lowest BCUT2D eigenvalue weighted by Crippen LogP contribution is -2.27. The van der Waals surface area contributed by atoms with Crippen LogP contribution < -0.4 is 4.72 Å². The van der Waals surface area contributed by atoms with Gasteiger partial charge in [-0.25, -0.2) is 26.7 Å². The van der Waals surface area contributed by atoms with Crippen LogP contribution in [0.4, 0.5) is 8.78 Å². The zero-order valence-corrected chi connectivity index (χ0v) is 13.0. The van der Waals surface area contributed by atoms with Gasteiger partial charge in [-0.15, -0.1) is 0 Å². The van der Waals surface area contributed by atoms with Gasteiger partial charge in [0.2, 0.25) is 5.09 Å². The summed E-state index contributed by atoms with van der Waals surface area (Å²) in [4.78, 5) is 11.3. The van der Waals surface area contributed by atoms with Gasteiger partial charge < -0.3 is 9.15 Å². The molecule has 1 atom stereocenters. The van der Waals surface area contributed by atoms with Gasteiger partial charge in [0.05, 0.1) is 12.7 Å². The maximum absolute atomic E-state index is 13.7.